The van der Waals surface area contributed by atoms with Gasteiger partial charge in [-0.05, 0) is 25.0 Å². The Kier molecular flexibility index (Phi) is 3.74. The van der Waals surface area contributed by atoms with Crippen molar-refractivity contribution < 1.29 is 14.4 Å². The topological polar surface area (TPSA) is 75.4 Å². The first kappa shape index (κ1) is 13.4. The average Bonchev–Trinajstić information content (AvgIpc) is 2.84. The van der Waals surface area contributed by atoms with E-state index in [-0.39, 0.29) is 0 Å². The van der Waals surface area contributed by atoms with Crippen LogP contribution < -0.4 is 5.32 Å². The molecule has 0 aliphatic rings. The average molecular weight is 262 g/mol. The first-order valence-electron chi connectivity index (χ1n) is 6.44. The van der Waals surface area contributed by atoms with Crippen molar-refractivity contribution in [1.29, 1.82) is 0 Å². The first-order chi connectivity index (χ1) is 9.13. The van der Waals surface area contributed by atoms with E-state index in [1.165, 1.54) is 0 Å². The summed E-state index contributed by atoms with van der Waals surface area (Å²) in [5.41, 5.74) is -0.0704. The summed E-state index contributed by atoms with van der Waals surface area (Å²) in [6, 6.07) is 7.50. The standard InChI is InChI=1S/C14H18N2O3/c1-3-14(4-2,13(17)18)9-15-12-10-7-5-6-8-11(10)19-16-12/h5-8H,3-4,9H2,1-2H3,(H,15,16)(H,17,18). The Hall–Kier alpha value is -2.04. The predicted molar refractivity (Wildman–Crippen MR) is 73.1 cm³/mol. The molecule has 0 saturated carbocycles. The van der Waals surface area contributed by atoms with Crippen LogP contribution >= 0.6 is 0 Å². The summed E-state index contributed by atoms with van der Waals surface area (Å²) in [6.45, 7) is 4.12. The van der Waals surface area contributed by atoms with E-state index in [4.69, 9.17) is 4.52 Å². The molecule has 0 radical (unpaired) electrons. The van der Waals surface area contributed by atoms with Crippen molar-refractivity contribution in [1.82, 2.24) is 5.16 Å². The quantitative estimate of drug-likeness (QED) is 0.836. The lowest BCUT2D eigenvalue weighted by Crippen LogP contribution is -2.36. The number of fused-ring (bicyclic) bond motifs is 1. The van der Waals surface area contributed by atoms with Crippen LogP contribution in [-0.4, -0.2) is 22.8 Å². The maximum absolute atomic E-state index is 11.4. The van der Waals surface area contributed by atoms with Crippen molar-refractivity contribution >= 4 is 22.8 Å². The molecular weight excluding hydrogens is 244 g/mol. The molecule has 5 nitrogen and oxygen atoms in total. The largest absolute Gasteiger partial charge is 0.481 e. The van der Waals surface area contributed by atoms with E-state index in [1.54, 1.807) is 0 Å². The zero-order valence-electron chi connectivity index (χ0n) is 11.1. The summed E-state index contributed by atoms with van der Waals surface area (Å²) in [7, 11) is 0. The van der Waals surface area contributed by atoms with Crippen LogP contribution in [0, 0.1) is 5.41 Å². The minimum atomic E-state index is -0.780. The number of aromatic nitrogens is 1. The number of carbonyl (C=O) groups is 1. The van der Waals surface area contributed by atoms with Gasteiger partial charge in [-0.2, -0.15) is 0 Å². The molecule has 0 atom stereocenters. The number of anilines is 1. The number of carboxylic acids is 1. The molecule has 0 amide bonds. The zero-order valence-corrected chi connectivity index (χ0v) is 11.1. The van der Waals surface area contributed by atoms with Gasteiger partial charge in [0.1, 0.15) is 0 Å². The number of nitrogens with one attached hydrogen (secondary N) is 1. The van der Waals surface area contributed by atoms with Crippen LogP contribution in [-0.2, 0) is 4.79 Å². The monoisotopic (exact) mass is 262 g/mol. The van der Waals surface area contributed by atoms with Crippen LogP contribution in [0.4, 0.5) is 5.82 Å². The summed E-state index contributed by atoms with van der Waals surface area (Å²) < 4.78 is 5.18. The third-order valence-corrected chi connectivity index (χ3v) is 3.78. The molecule has 1 heterocycles. The van der Waals surface area contributed by atoms with E-state index in [1.807, 2.05) is 38.1 Å². The van der Waals surface area contributed by atoms with E-state index in [0.717, 1.165) is 5.39 Å². The molecule has 5 heteroatoms. The Labute approximate surface area is 111 Å². The van der Waals surface area contributed by atoms with E-state index in [2.05, 4.69) is 10.5 Å². The van der Waals surface area contributed by atoms with E-state index < -0.39 is 11.4 Å². The maximum Gasteiger partial charge on any atom is 0.311 e. The Morgan fingerprint density at radius 3 is 2.68 bits per heavy atom. The van der Waals surface area contributed by atoms with Gasteiger partial charge in [0.05, 0.1) is 10.8 Å². The third kappa shape index (κ3) is 2.41. The summed E-state index contributed by atoms with van der Waals surface area (Å²) >= 11 is 0. The minimum absolute atomic E-state index is 0.339. The number of rotatable bonds is 6. The molecule has 2 aromatic rings. The molecule has 0 saturated heterocycles. The number of benzene rings is 1. The number of aliphatic carboxylic acids is 1. The Morgan fingerprint density at radius 1 is 1.37 bits per heavy atom. The highest BCUT2D eigenvalue weighted by Gasteiger charge is 2.34. The molecule has 0 spiro atoms. The highest BCUT2D eigenvalue weighted by atomic mass is 16.5. The van der Waals surface area contributed by atoms with Gasteiger partial charge in [-0.3, -0.25) is 4.79 Å². The molecule has 19 heavy (non-hydrogen) atoms. The van der Waals surface area contributed by atoms with Crippen LogP contribution in [0.3, 0.4) is 0 Å². The minimum Gasteiger partial charge on any atom is -0.481 e. The van der Waals surface area contributed by atoms with Crippen LogP contribution in [0.1, 0.15) is 26.7 Å². The molecule has 0 fully saturated rings. The molecule has 0 aliphatic carbocycles. The molecule has 1 aromatic carbocycles. The van der Waals surface area contributed by atoms with Gasteiger partial charge < -0.3 is 14.9 Å². The summed E-state index contributed by atoms with van der Waals surface area (Å²) in [5, 5.41) is 17.3. The van der Waals surface area contributed by atoms with Gasteiger partial charge in [0.15, 0.2) is 11.4 Å². The van der Waals surface area contributed by atoms with Gasteiger partial charge in [-0.1, -0.05) is 31.1 Å². The normalized spacial score (nSPS) is 11.7. The SMILES string of the molecule is CCC(CC)(CNc1noc2ccccc12)C(=O)O. The second-order valence-electron chi connectivity index (χ2n) is 4.67. The number of nitrogens with zero attached hydrogens (tertiary/aromatic N) is 1. The number of hydrogen-bond donors (Lipinski definition) is 2. The highest BCUT2D eigenvalue weighted by Crippen LogP contribution is 2.29. The van der Waals surface area contributed by atoms with Gasteiger partial charge in [-0.25, -0.2) is 0 Å². The molecular formula is C14H18N2O3. The Morgan fingerprint density at radius 2 is 2.05 bits per heavy atom. The van der Waals surface area contributed by atoms with Crippen molar-refractivity contribution in [2.45, 2.75) is 26.7 Å². The second-order valence-corrected chi connectivity index (χ2v) is 4.67. The van der Waals surface area contributed by atoms with Gasteiger partial charge in [0.2, 0.25) is 0 Å². The fraction of sp³-hybridized carbons (Fsp3) is 0.429. The third-order valence-electron chi connectivity index (χ3n) is 3.78. The van der Waals surface area contributed by atoms with Gasteiger partial charge >= 0.3 is 5.97 Å². The molecule has 0 bridgehead atoms. The number of hydrogen-bond acceptors (Lipinski definition) is 4. The lowest BCUT2D eigenvalue weighted by Gasteiger charge is -2.26. The van der Waals surface area contributed by atoms with Gasteiger partial charge in [0, 0.05) is 6.54 Å². The molecule has 2 rings (SSSR count). The smallest absolute Gasteiger partial charge is 0.311 e. The number of para-hydroxylation sites is 1. The van der Waals surface area contributed by atoms with Crippen LogP contribution in [0.2, 0.25) is 0 Å². The lowest BCUT2D eigenvalue weighted by atomic mass is 9.82. The molecule has 0 aliphatic heterocycles. The second kappa shape index (κ2) is 5.30. The molecule has 2 N–H and O–H groups in total. The number of carboxylic acid groups (broad SMARTS) is 1. The highest BCUT2D eigenvalue weighted by molar-refractivity contribution is 5.88. The predicted octanol–water partition coefficient (Wildman–Crippen LogP) is 3.13. The van der Waals surface area contributed by atoms with Gasteiger partial charge in [0.25, 0.3) is 0 Å². The zero-order chi connectivity index (χ0) is 13.9. The summed E-state index contributed by atoms with van der Waals surface area (Å²) in [6.07, 6.45) is 1.14. The molecule has 102 valence electrons. The fourth-order valence-electron chi connectivity index (χ4n) is 2.14. The fourth-order valence-corrected chi connectivity index (χ4v) is 2.14. The van der Waals surface area contributed by atoms with E-state index in [0.29, 0.717) is 30.8 Å². The van der Waals surface area contributed by atoms with Crippen LogP contribution in [0.25, 0.3) is 11.0 Å². The summed E-state index contributed by atoms with van der Waals surface area (Å²) in [4.78, 5) is 11.4. The molecule has 1 aromatic heterocycles. The van der Waals surface area contributed by atoms with E-state index in [9.17, 15) is 9.90 Å². The van der Waals surface area contributed by atoms with Gasteiger partial charge in [-0.15, -0.1) is 0 Å². The van der Waals surface area contributed by atoms with E-state index >= 15 is 0 Å². The van der Waals surface area contributed by atoms with Crippen molar-refractivity contribution in [2.75, 3.05) is 11.9 Å². The first-order valence-corrected chi connectivity index (χ1v) is 6.44. The van der Waals surface area contributed by atoms with Crippen LogP contribution in [0.5, 0.6) is 0 Å². The van der Waals surface area contributed by atoms with Crippen molar-refractivity contribution in [3.8, 4) is 0 Å². The van der Waals surface area contributed by atoms with Crippen molar-refractivity contribution in [3.05, 3.63) is 24.3 Å². The van der Waals surface area contributed by atoms with Crippen molar-refractivity contribution in [3.63, 3.8) is 0 Å². The Bertz CT molecular complexity index is 573. The van der Waals surface area contributed by atoms with Crippen molar-refractivity contribution in [2.24, 2.45) is 5.41 Å². The maximum atomic E-state index is 11.4. The summed E-state index contributed by atoms with van der Waals surface area (Å²) in [5.74, 6) is -0.180. The molecule has 0 unspecified atom stereocenters. The lowest BCUT2D eigenvalue weighted by molar-refractivity contribution is -0.148. The Balaban J connectivity index is 2.20. The van der Waals surface area contributed by atoms with Crippen LogP contribution in [0.15, 0.2) is 28.8 Å².